The summed E-state index contributed by atoms with van der Waals surface area (Å²) in [5.74, 6) is 1.71. The Morgan fingerprint density at radius 2 is 1.85 bits per heavy atom. The molecule has 4 aliphatic rings. The highest BCUT2D eigenvalue weighted by molar-refractivity contribution is 5.75. The van der Waals surface area contributed by atoms with Crippen LogP contribution in [0.3, 0.4) is 0 Å². The summed E-state index contributed by atoms with van der Waals surface area (Å²) in [6.07, 6.45) is 11.7. The number of aromatic nitrogens is 2. The summed E-state index contributed by atoms with van der Waals surface area (Å²) >= 11 is 0. The molecule has 2 aliphatic carbocycles. The molecule has 1 spiro atoms. The number of anilines is 2. The van der Waals surface area contributed by atoms with E-state index in [1.807, 2.05) is 0 Å². The normalized spacial score (nSPS) is 25.5. The van der Waals surface area contributed by atoms with E-state index in [-0.39, 0.29) is 5.41 Å². The molecule has 2 aliphatic heterocycles. The summed E-state index contributed by atoms with van der Waals surface area (Å²) < 4.78 is 0. The van der Waals surface area contributed by atoms with Crippen LogP contribution in [0.15, 0.2) is 24.5 Å². The molecule has 5 heteroatoms. The molecule has 2 aromatic rings. The van der Waals surface area contributed by atoms with Gasteiger partial charge < -0.3 is 15.5 Å². The average Bonchev–Trinajstić information content (AvgIpc) is 3.38. The van der Waals surface area contributed by atoms with Crippen molar-refractivity contribution < 1.29 is 0 Å². The molecule has 0 unspecified atom stereocenters. The number of nitrogens with zero attached hydrogens (tertiary/aromatic N) is 3. The number of hydrogen-bond donors (Lipinski definition) is 2. The van der Waals surface area contributed by atoms with Crippen LogP contribution in [-0.4, -0.2) is 35.6 Å². The van der Waals surface area contributed by atoms with Gasteiger partial charge in [0.05, 0.1) is 0 Å². The number of fused-ring (bicyclic) bond motifs is 3. The highest BCUT2D eigenvalue weighted by Gasteiger charge is 2.46. The van der Waals surface area contributed by atoms with E-state index in [0.717, 1.165) is 32.6 Å². The maximum atomic E-state index is 4.91. The Morgan fingerprint density at radius 3 is 2.65 bits per heavy atom. The third kappa shape index (κ3) is 3.85. The van der Waals surface area contributed by atoms with Crippen LogP contribution in [0.2, 0.25) is 0 Å². The predicted octanol–water partition coefficient (Wildman–Crippen LogP) is 5.36. The van der Waals surface area contributed by atoms with E-state index in [4.69, 9.17) is 4.98 Å². The molecule has 182 valence electrons. The Labute approximate surface area is 205 Å². The second kappa shape index (κ2) is 8.60. The number of hydrogen-bond acceptors (Lipinski definition) is 5. The van der Waals surface area contributed by atoms with Gasteiger partial charge in [0.15, 0.2) is 0 Å². The van der Waals surface area contributed by atoms with E-state index in [9.17, 15) is 0 Å². The molecule has 0 radical (unpaired) electrons. The standard InChI is InChI=1S/C29H41N5/c1-20-7-8-23-25(20)27(33-19-32-23)34-18-29(13-15-30-16-14-29)26-21(5-4-6-24(26)34)17-31-22-9-11-28(2,3)12-10-22/h4-6,19-20,22,30-31H,7-18H2,1-3H3/t20-/m1/s1. The fourth-order valence-electron chi connectivity index (χ4n) is 7.24. The van der Waals surface area contributed by atoms with Crippen molar-refractivity contribution in [3.63, 3.8) is 0 Å². The van der Waals surface area contributed by atoms with Gasteiger partial charge in [-0.3, -0.25) is 0 Å². The summed E-state index contributed by atoms with van der Waals surface area (Å²) in [5.41, 5.74) is 7.89. The molecular formula is C29H41N5. The van der Waals surface area contributed by atoms with Gasteiger partial charge in [-0.2, -0.15) is 0 Å². The molecule has 5 nitrogen and oxygen atoms in total. The molecule has 1 saturated heterocycles. The lowest BCUT2D eigenvalue weighted by molar-refractivity contribution is 0.205. The molecule has 0 amide bonds. The van der Waals surface area contributed by atoms with Crippen LogP contribution < -0.4 is 15.5 Å². The first kappa shape index (κ1) is 22.5. The summed E-state index contributed by atoms with van der Waals surface area (Å²) in [7, 11) is 0. The first-order valence-electron chi connectivity index (χ1n) is 13.6. The molecule has 2 fully saturated rings. The van der Waals surface area contributed by atoms with Gasteiger partial charge in [0.25, 0.3) is 0 Å². The lowest BCUT2D eigenvalue weighted by Crippen LogP contribution is -2.43. The second-order valence-corrected chi connectivity index (χ2v) is 12.2. The van der Waals surface area contributed by atoms with E-state index >= 15 is 0 Å². The third-order valence-corrected chi connectivity index (χ3v) is 9.40. The minimum atomic E-state index is 0.215. The highest BCUT2D eigenvalue weighted by Crippen LogP contribution is 2.52. The number of piperidine rings is 1. The minimum Gasteiger partial charge on any atom is -0.325 e. The average molecular weight is 460 g/mol. The monoisotopic (exact) mass is 459 g/mol. The second-order valence-electron chi connectivity index (χ2n) is 12.2. The Bertz CT molecular complexity index is 1040. The lowest BCUT2D eigenvalue weighted by atomic mass is 9.73. The molecule has 34 heavy (non-hydrogen) atoms. The van der Waals surface area contributed by atoms with Gasteiger partial charge in [-0.1, -0.05) is 32.9 Å². The molecule has 0 bridgehead atoms. The number of nitrogens with one attached hydrogen (secondary N) is 2. The number of rotatable bonds is 4. The van der Waals surface area contributed by atoms with Gasteiger partial charge in [0, 0.05) is 41.5 Å². The molecule has 1 saturated carbocycles. The van der Waals surface area contributed by atoms with Crippen LogP contribution in [0.1, 0.15) is 94.0 Å². The van der Waals surface area contributed by atoms with Crippen molar-refractivity contribution >= 4 is 11.5 Å². The first-order chi connectivity index (χ1) is 16.5. The van der Waals surface area contributed by atoms with Crippen molar-refractivity contribution in [3.05, 3.63) is 46.9 Å². The van der Waals surface area contributed by atoms with E-state index in [1.165, 1.54) is 73.3 Å². The van der Waals surface area contributed by atoms with E-state index in [0.29, 0.717) is 17.4 Å². The fourth-order valence-corrected chi connectivity index (χ4v) is 7.24. The molecule has 6 rings (SSSR count). The van der Waals surface area contributed by atoms with Gasteiger partial charge in [0.1, 0.15) is 12.1 Å². The van der Waals surface area contributed by atoms with E-state index in [1.54, 1.807) is 11.9 Å². The fraction of sp³-hybridized carbons (Fsp3) is 0.655. The molecule has 1 aromatic carbocycles. The summed E-state index contributed by atoms with van der Waals surface area (Å²) in [6, 6.07) is 7.67. The Morgan fingerprint density at radius 1 is 1.06 bits per heavy atom. The zero-order chi connectivity index (χ0) is 23.3. The Balaban J connectivity index is 1.35. The van der Waals surface area contributed by atoms with Crippen LogP contribution >= 0.6 is 0 Å². The first-order valence-corrected chi connectivity index (χ1v) is 13.6. The van der Waals surface area contributed by atoms with Crippen LogP contribution in [0.4, 0.5) is 11.5 Å². The smallest absolute Gasteiger partial charge is 0.140 e. The molecule has 3 heterocycles. The Hall–Kier alpha value is -1.98. The molecular weight excluding hydrogens is 418 g/mol. The van der Waals surface area contributed by atoms with Crippen molar-refractivity contribution in [1.29, 1.82) is 0 Å². The molecule has 1 atom stereocenters. The Kier molecular flexibility index (Phi) is 5.69. The van der Waals surface area contributed by atoms with Crippen LogP contribution in [0.25, 0.3) is 0 Å². The molecule has 1 aromatic heterocycles. The van der Waals surface area contributed by atoms with E-state index < -0.39 is 0 Å². The van der Waals surface area contributed by atoms with Gasteiger partial charge in [-0.25, -0.2) is 9.97 Å². The topological polar surface area (TPSA) is 53.1 Å². The van der Waals surface area contributed by atoms with Gasteiger partial charge in [-0.05, 0) is 93.0 Å². The molecule has 2 N–H and O–H groups in total. The number of aryl methyl sites for hydroxylation is 1. The zero-order valence-corrected chi connectivity index (χ0v) is 21.3. The van der Waals surface area contributed by atoms with Gasteiger partial charge >= 0.3 is 0 Å². The van der Waals surface area contributed by atoms with Crippen molar-refractivity contribution in [2.24, 2.45) is 5.41 Å². The van der Waals surface area contributed by atoms with Crippen LogP contribution in [0.5, 0.6) is 0 Å². The summed E-state index contributed by atoms with van der Waals surface area (Å²) in [4.78, 5) is 12.1. The summed E-state index contributed by atoms with van der Waals surface area (Å²) in [5, 5.41) is 7.59. The van der Waals surface area contributed by atoms with E-state index in [2.05, 4.69) is 59.5 Å². The van der Waals surface area contributed by atoms with Crippen LogP contribution in [-0.2, 0) is 18.4 Å². The SMILES string of the molecule is C[C@@H]1CCc2ncnc(N3CC4(CCNCC4)c4c(CNC5CCC(C)(C)CC5)cccc43)c21. The third-order valence-electron chi connectivity index (χ3n) is 9.40. The lowest BCUT2D eigenvalue weighted by Gasteiger charge is -2.37. The van der Waals surface area contributed by atoms with Gasteiger partial charge in [0.2, 0.25) is 0 Å². The van der Waals surface area contributed by atoms with Crippen molar-refractivity contribution in [2.75, 3.05) is 24.5 Å². The summed E-state index contributed by atoms with van der Waals surface area (Å²) in [6.45, 7) is 11.4. The maximum absolute atomic E-state index is 4.91. The van der Waals surface area contributed by atoms with Gasteiger partial charge in [-0.15, -0.1) is 0 Å². The van der Waals surface area contributed by atoms with Crippen LogP contribution in [0, 0.1) is 5.41 Å². The van der Waals surface area contributed by atoms with Crippen molar-refractivity contribution in [2.45, 2.75) is 96.1 Å². The maximum Gasteiger partial charge on any atom is 0.140 e. The van der Waals surface area contributed by atoms with Crippen molar-refractivity contribution in [1.82, 2.24) is 20.6 Å². The number of benzene rings is 1. The van der Waals surface area contributed by atoms with Crippen molar-refractivity contribution in [3.8, 4) is 0 Å². The quantitative estimate of drug-likeness (QED) is 0.645. The minimum absolute atomic E-state index is 0.215. The highest BCUT2D eigenvalue weighted by atomic mass is 15.2. The zero-order valence-electron chi connectivity index (χ0n) is 21.3. The predicted molar refractivity (Wildman–Crippen MR) is 139 cm³/mol. The largest absolute Gasteiger partial charge is 0.325 e.